The van der Waals surface area contributed by atoms with Crippen molar-refractivity contribution in [2.75, 3.05) is 5.73 Å². The molecule has 65 valence electrons. The Kier molecular flexibility index (Phi) is 1.70. The van der Waals surface area contributed by atoms with Crippen LogP contribution in [0.4, 0.5) is 10.2 Å². The fraction of sp³-hybridized carbons (Fsp3) is 0. The van der Waals surface area contributed by atoms with Crippen molar-refractivity contribution in [1.29, 1.82) is 0 Å². The maximum Gasteiger partial charge on any atom is 0.166 e. The zero-order valence-electron chi connectivity index (χ0n) is 6.61. The Morgan fingerprint density at radius 2 is 2.38 bits per heavy atom. The Morgan fingerprint density at radius 3 is 3.00 bits per heavy atom. The Balaban J connectivity index is 2.52. The van der Waals surface area contributed by atoms with Crippen LogP contribution in [0.5, 0.6) is 0 Å². The zero-order chi connectivity index (χ0) is 9.26. The molecule has 13 heavy (non-hydrogen) atoms. The molecule has 4 nitrogen and oxygen atoms in total. The van der Waals surface area contributed by atoms with E-state index < -0.39 is 5.82 Å². The number of nitrogens with zero attached hydrogens (tertiary/aromatic N) is 3. The molecule has 1 aromatic carbocycles. The van der Waals surface area contributed by atoms with Crippen LogP contribution in [0.2, 0.25) is 0 Å². The first-order chi connectivity index (χ1) is 6.27. The molecule has 5 heteroatoms. The highest BCUT2D eigenvalue weighted by atomic mass is 19.1. The number of hydrogen-bond donors (Lipinski definition) is 1. The van der Waals surface area contributed by atoms with Crippen molar-refractivity contribution in [3.63, 3.8) is 0 Å². The Morgan fingerprint density at radius 1 is 1.54 bits per heavy atom. The summed E-state index contributed by atoms with van der Waals surface area (Å²) in [5.41, 5.74) is 5.55. The van der Waals surface area contributed by atoms with Gasteiger partial charge in [0.25, 0.3) is 0 Å². The fourth-order valence-corrected chi connectivity index (χ4v) is 0.969. The third kappa shape index (κ3) is 1.35. The van der Waals surface area contributed by atoms with Gasteiger partial charge in [-0.3, -0.25) is 0 Å². The summed E-state index contributed by atoms with van der Waals surface area (Å²) in [5.74, 6) is -0.163. The quantitative estimate of drug-likeness (QED) is 0.700. The summed E-state index contributed by atoms with van der Waals surface area (Å²) in [5, 5.41) is 7.16. The van der Waals surface area contributed by atoms with Crippen molar-refractivity contribution in [2.45, 2.75) is 0 Å². The maximum atomic E-state index is 13.1. The summed E-state index contributed by atoms with van der Waals surface area (Å²) in [6.45, 7) is 0. The van der Waals surface area contributed by atoms with Gasteiger partial charge in [0.2, 0.25) is 0 Å². The Bertz CT molecular complexity index is 424. The molecular formula is C8H6FN4. The molecule has 1 radical (unpaired) electrons. The normalized spacial score (nSPS) is 10.2. The Hall–Kier alpha value is -1.91. The minimum Gasteiger partial charge on any atom is -0.381 e. The molecule has 2 rings (SSSR count). The van der Waals surface area contributed by atoms with Gasteiger partial charge >= 0.3 is 0 Å². The van der Waals surface area contributed by atoms with Gasteiger partial charge in [0.1, 0.15) is 11.5 Å². The van der Waals surface area contributed by atoms with Gasteiger partial charge in [-0.05, 0) is 6.07 Å². The molecule has 0 aliphatic carbocycles. The smallest absolute Gasteiger partial charge is 0.166 e. The lowest BCUT2D eigenvalue weighted by molar-refractivity contribution is 0.606. The van der Waals surface area contributed by atoms with Crippen LogP contribution in [0, 0.1) is 11.9 Å². The van der Waals surface area contributed by atoms with E-state index >= 15 is 0 Å². The van der Waals surface area contributed by atoms with E-state index in [1.165, 1.54) is 16.9 Å². The predicted molar refractivity (Wildman–Crippen MR) is 44.6 cm³/mol. The molecule has 0 fully saturated rings. The highest BCUT2D eigenvalue weighted by Crippen LogP contribution is 2.10. The van der Waals surface area contributed by atoms with E-state index in [-0.39, 0.29) is 11.5 Å². The minimum absolute atomic E-state index is 0.215. The lowest BCUT2D eigenvalue weighted by Gasteiger charge is -1.98. The molecular weight excluding hydrogens is 171 g/mol. The summed E-state index contributed by atoms with van der Waals surface area (Å²) in [7, 11) is 0. The summed E-state index contributed by atoms with van der Waals surface area (Å²) in [6, 6.07) is 7.17. The lowest BCUT2D eigenvalue weighted by atomic mass is 10.3. The summed E-state index contributed by atoms with van der Waals surface area (Å²) in [6.07, 6.45) is 1.43. The number of aromatic nitrogens is 3. The minimum atomic E-state index is -0.410. The molecule has 0 aliphatic heterocycles. The van der Waals surface area contributed by atoms with E-state index in [0.29, 0.717) is 0 Å². The number of rotatable bonds is 1. The monoisotopic (exact) mass is 177 g/mol. The lowest BCUT2D eigenvalue weighted by Crippen LogP contribution is -1.98. The highest BCUT2D eigenvalue weighted by Gasteiger charge is 2.04. The molecule has 1 heterocycles. The molecule has 2 aromatic rings. The third-order valence-corrected chi connectivity index (χ3v) is 1.53. The number of benzene rings is 1. The molecule has 0 amide bonds. The standard InChI is InChI=1S/C8H6FN4/c9-6-3-1-2-4-7(6)13-5-8(10)11-12-13/h1-3,5H,10H2. The first-order valence-electron chi connectivity index (χ1n) is 3.62. The van der Waals surface area contributed by atoms with Crippen LogP contribution in [0.3, 0.4) is 0 Å². The second kappa shape index (κ2) is 2.85. The van der Waals surface area contributed by atoms with Gasteiger partial charge in [0.05, 0.1) is 6.20 Å². The van der Waals surface area contributed by atoms with Crippen LogP contribution >= 0.6 is 0 Å². The molecule has 1 aromatic heterocycles. The molecule has 0 saturated heterocycles. The van der Waals surface area contributed by atoms with E-state index in [0.717, 1.165) is 0 Å². The van der Waals surface area contributed by atoms with Crippen LogP contribution in [0.1, 0.15) is 0 Å². The largest absolute Gasteiger partial charge is 0.381 e. The van der Waals surface area contributed by atoms with Gasteiger partial charge in [-0.1, -0.05) is 17.3 Å². The molecule has 0 saturated carbocycles. The van der Waals surface area contributed by atoms with Crippen molar-refractivity contribution in [2.24, 2.45) is 0 Å². The predicted octanol–water partition coefficient (Wildman–Crippen LogP) is 0.789. The molecule has 0 bridgehead atoms. The average Bonchev–Trinajstić information content (AvgIpc) is 2.53. The van der Waals surface area contributed by atoms with Gasteiger partial charge in [0.15, 0.2) is 5.82 Å². The highest BCUT2D eigenvalue weighted by molar-refractivity contribution is 5.33. The average molecular weight is 177 g/mol. The number of halogens is 1. The number of hydrogen-bond acceptors (Lipinski definition) is 3. The van der Waals surface area contributed by atoms with E-state index in [4.69, 9.17) is 5.73 Å². The van der Waals surface area contributed by atoms with Gasteiger partial charge in [-0.15, -0.1) is 5.10 Å². The van der Waals surface area contributed by atoms with Crippen molar-refractivity contribution in [3.8, 4) is 5.69 Å². The van der Waals surface area contributed by atoms with Crippen molar-refractivity contribution in [3.05, 3.63) is 36.3 Å². The van der Waals surface area contributed by atoms with Crippen LogP contribution in [-0.4, -0.2) is 15.0 Å². The van der Waals surface area contributed by atoms with Crippen molar-refractivity contribution < 1.29 is 4.39 Å². The number of nitrogen functional groups attached to an aromatic ring is 1. The van der Waals surface area contributed by atoms with Gasteiger partial charge in [-0.25, -0.2) is 9.07 Å². The second-order valence-corrected chi connectivity index (χ2v) is 2.45. The molecule has 0 atom stereocenters. The topological polar surface area (TPSA) is 56.7 Å². The third-order valence-electron chi connectivity index (χ3n) is 1.53. The van der Waals surface area contributed by atoms with E-state index in [1.807, 2.05) is 0 Å². The maximum absolute atomic E-state index is 13.1. The number of anilines is 1. The fourth-order valence-electron chi connectivity index (χ4n) is 0.969. The van der Waals surface area contributed by atoms with E-state index in [9.17, 15) is 4.39 Å². The van der Waals surface area contributed by atoms with Crippen molar-refractivity contribution >= 4 is 5.82 Å². The molecule has 0 aliphatic rings. The van der Waals surface area contributed by atoms with E-state index in [1.54, 1.807) is 12.1 Å². The second-order valence-electron chi connectivity index (χ2n) is 2.45. The first-order valence-corrected chi connectivity index (χ1v) is 3.62. The van der Waals surface area contributed by atoms with Gasteiger partial charge in [0, 0.05) is 6.07 Å². The van der Waals surface area contributed by atoms with Crippen LogP contribution in [-0.2, 0) is 0 Å². The Labute approximate surface area is 73.8 Å². The zero-order valence-corrected chi connectivity index (χ0v) is 6.61. The summed E-state index contributed by atoms with van der Waals surface area (Å²) < 4.78 is 14.4. The first kappa shape index (κ1) is 7.72. The molecule has 0 spiro atoms. The van der Waals surface area contributed by atoms with Crippen LogP contribution < -0.4 is 5.73 Å². The molecule has 2 N–H and O–H groups in total. The van der Waals surface area contributed by atoms with Gasteiger partial charge in [-0.2, -0.15) is 0 Å². The number of para-hydroxylation sites is 1. The summed E-state index contributed by atoms with van der Waals surface area (Å²) >= 11 is 0. The van der Waals surface area contributed by atoms with E-state index in [2.05, 4.69) is 16.4 Å². The van der Waals surface area contributed by atoms with Gasteiger partial charge < -0.3 is 5.73 Å². The van der Waals surface area contributed by atoms with Crippen LogP contribution in [0.25, 0.3) is 5.69 Å². The number of nitrogens with two attached hydrogens (primary N) is 1. The SMILES string of the molecule is Nc1cn(-c2[c]cccc2F)nn1. The van der Waals surface area contributed by atoms with Crippen molar-refractivity contribution in [1.82, 2.24) is 15.0 Å². The molecule has 0 unspecified atom stereocenters. The van der Waals surface area contributed by atoms with Crippen LogP contribution in [0.15, 0.2) is 24.4 Å². The summed E-state index contributed by atoms with van der Waals surface area (Å²) in [4.78, 5) is 0.